The number of alkyl carbamates (subject to hydrolysis) is 1. The Balaban J connectivity index is 2.17. The van der Waals surface area contributed by atoms with E-state index < -0.39 is 28.7 Å². The van der Waals surface area contributed by atoms with E-state index in [1.54, 1.807) is 44.7 Å². The molecule has 2 atom stereocenters. The molecule has 2 aromatic rings. The Hall–Kier alpha value is -2.54. The fourth-order valence-electron chi connectivity index (χ4n) is 2.41. The standard InChI is InChI=1S/C20H24N2O4S/c1-14(22(24)25)18(21-19(23)26-20(2,3)4)15-10-12-17(13-11-15)27-16-8-6-5-7-9-16/h5-14,18H,1-4H3,(H,21,23)/t14-,18-/m0/s1. The predicted octanol–water partition coefficient (Wildman–Crippen LogP) is 5.07. The average Bonchev–Trinajstić information content (AvgIpc) is 2.59. The van der Waals surface area contributed by atoms with E-state index in [-0.39, 0.29) is 0 Å². The summed E-state index contributed by atoms with van der Waals surface area (Å²) in [6, 6.07) is 15.5. The summed E-state index contributed by atoms with van der Waals surface area (Å²) in [4.78, 5) is 25.1. The van der Waals surface area contributed by atoms with Crippen molar-refractivity contribution >= 4 is 17.9 Å². The van der Waals surface area contributed by atoms with Crippen molar-refractivity contribution in [2.75, 3.05) is 0 Å². The molecular formula is C20H24N2O4S. The van der Waals surface area contributed by atoms with Gasteiger partial charge >= 0.3 is 6.09 Å². The minimum absolute atomic E-state index is 0.408. The van der Waals surface area contributed by atoms with E-state index in [4.69, 9.17) is 4.74 Å². The fraction of sp³-hybridized carbons (Fsp3) is 0.350. The molecule has 0 aliphatic heterocycles. The summed E-state index contributed by atoms with van der Waals surface area (Å²) in [5.41, 5.74) is -0.0228. The number of hydrogen-bond donors (Lipinski definition) is 1. The molecule has 1 N–H and O–H groups in total. The van der Waals surface area contributed by atoms with Crippen molar-refractivity contribution in [2.24, 2.45) is 0 Å². The van der Waals surface area contributed by atoms with Gasteiger partial charge in [-0.15, -0.1) is 0 Å². The molecule has 0 radical (unpaired) electrons. The Morgan fingerprint density at radius 1 is 1.07 bits per heavy atom. The number of carbonyl (C=O) groups excluding carboxylic acids is 1. The Morgan fingerprint density at radius 3 is 2.15 bits per heavy atom. The summed E-state index contributed by atoms with van der Waals surface area (Å²) in [5, 5.41) is 13.9. The molecule has 0 saturated carbocycles. The smallest absolute Gasteiger partial charge is 0.408 e. The van der Waals surface area contributed by atoms with E-state index in [2.05, 4.69) is 5.32 Å². The number of hydrogen-bond acceptors (Lipinski definition) is 5. The molecular weight excluding hydrogens is 364 g/mol. The van der Waals surface area contributed by atoms with Gasteiger partial charge in [-0.05, 0) is 50.6 Å². The third-order valence-corrected chi connectivity index (χ3v) is 4.72. The molecule has 0 bridgehead atoms. The van der Waals surface area contributed by atoms with Crippen molar-refractivity contribution < 1.29 is 14.5 Å². The van der Waals surface area contributed by atoms with Gasteiger partial charge in [-0.1, -0.05) is 42.1 Å². The van der Waals surface area contributed by atoms with Gasteiger partial charge in [0.25, 0.3) is 0 Å². The van der Waals surface area contributed by atoms with Crippen LogP contribution in [0.25, 0.3) is 0 Å². The van der Waals surface area contributed by atoms with Crippen LogP contribution < -0.4 is 5.32 Å². The minimum Gasteiger partial charge on any atom is -0.444 e. The van der Waals surface area contributed by atoms with E-state index in [9.17, 15) is 14.9 Å². The van der Waals surface area contributed by atoms with E-state index in [0.29, 0.717) is 5.56 Å². The number of benzene rings is 2. The zero-order valence-electron chi connectivity index (χ0n) is 15.8. The van der Waals surface area contributed by atoms with Crippen LogP contribution in [-0.4, -0.2) is 22.7 Å². The molecule has 6 nitrogen and oxygen atoms in total. The highest BCUT2D eigenvalue weighted by molar-refractivity contribution is 7.99. The number of amides is 1. The lowest BCUT2D eigenvalue weighted by Gasteiger charge is -2.24. The van der Waals surface area contributed by atoms with E-state index >= 15 is 0 Å². The molecule has 0 aliphatic carbocycles. The van der Waals surface area contributed by atoms with Crippen LogP contribution in [0.4, 0.5) is 4.79 Å². The summed E-state index contributed by atoms with van der Waals surface area (Å²) in [6.07, 6.45) is -0.677. The summed E-state index contributed by atoms with van der Waals surface area (Å²) in [7, 11) is 0. The van der Waals surface area contributed by atoms with Gasteiger partial charge in [-0.3, -0.25) is 10.1 Å². The lowest BCUT2D eigenvalue weighted by atomic mass is 10.0. The number of nitrogens with one attached hydrogen (secondary N) is 1. The SMILES string of the molecule is C[C@@H]([C@H](NC(=O)OC(C)(C)C)c1ccc(Sc2ccccc2)cc1)[N+](=O)[O-]. The number of nitro groups is 1. The van der Waals surface area contributed by atoms with Crippen molar-refractivity contribution in [1.82, 2.24) is 5.32 Å². The van der Waals surface area contributed by atoms with Gasteiger partial charge in [-0.2, -0.15) is 0 Å². The van der Waals surface area contributed by atoms with Crippen molar-refractivity contribution in [3.05, 3.63) is 70.3 Å². The van der Waals surface area contributed by atoms with Gasteiger partial charge in [0.15, 0.2) is 0 Å². The first-order valence-electron chi connectivity index (χ1n) is 8.61. The average molecular weight is 388 g/mol. The van der Waals surface area contributed by atoms with Crippen molar-refractivity contribution in [3.8, 4) is 0 Å². The van der Waals surface area contributed by atoms with Crippen LogP contribution in [0.2, 0.25) is 0 Å². The van der Waals surface area contributed by atoms with Crippen LogP contribution in [0.3, 0.4) is 0 Å². The lowest BCUT2D eigenvalue weighted by molar-refractivity contribution is -0.523. The van der Waals surface area contributed by atoms with E-state index in [1.807, 2.05) is 42.5 Å². The zero-order valence-corrected chi connectivity index (χ0v) is 16.7. The van der Waals surface area contributed by atoms with Gasteiger partial charge in [0.05, 0.1) is 0 Å². The van der Waals surface area contributed by atoms with Crippen molar-refractivity contribution in [2.45, 2.75) is 55.2 Å². The summed E-state index contributed by atoms with van der Waals surface area (Å²) in [6.45, 7) is 6.70. The normalized spacial score (nSPS) is 13.5. The molecule has 0 aliphatic rings. The molecule has 2 rings (SSSR count). The predicted molar refractivity (Wildman–Crippen MR) is 106 cm³/mol. The Morgan fingerprint density at radius 2 is 1.63 bits per heavy atom. The molecule has 0 unspecified atom stereocenters. The first-order valence-corrected chi connectivity index (χ1v) is 9.43. The number of nitrogens with zero attached hydrogens (tertiary/aromatic N) is 1. The van der Waals surface area contributed by atoms with Gasteiger partial charge in [0.2, 0.25) is 6.04 Å². The highest BCUT2D eigenvalue weighted by Gasteiger charge is 2.31. The van der Waals surface area contributed by atoms with Crippen molar-refractivity contribution in [3.63, 3.8) is 0 Å². The zero-order chi connectivity index (χ0) is 20.0. The molecule has 0 saturated heterocycles. The fourth-order valence-corrected chi connectivity index (χ4v) is 3.24. The Labute approximate surface area is 163 Å². The van der Waals surface area contributed by atoms with Crippen molar-refractivity contribution in [1.29, 1.82) is 0 Å². The molecule has 0 heterocycles. The lowest BCUT2D eigenvalue weighted by Crippen LogP contribution is -2.41. The van der Waals surface area contributed by atoms with Gasteiger partial charge in [0, 0.05) is 21.6 Å². The number of carbonyl (C=O) groups is 1. The summed E-state index contributed by atoms with van der Waals surface area (Å²) < 4.78 is 5.25. The largest absolute Gasteiger partial charge is 0.444 e. The highest BCUT2D eigenvalue weighted by atomic mass is 32.2. The Bertz CT molecular complexity index is 773. The third kappa shape index (κ3) is 6.60. The second kappa shape index (κ2) is 8.90. The van der Waals surface area contributed by atoms with Crippen LogP contribution in [0, 0.1) is 10.1 Å². The van der Waals surface area contributed by atoms with E-state index in [1.165, 1.54) is 6.92 Å². The van der Waals surface area contributed by atoms with Crippen LogP contribution >= 0.6 is 11.8 Å². The maximum absolute atomic E-state index is 12.1. The minimum atomic E-state index is -0.995. The first-order chi connectivity index (χ1) is 12.7. The van der Waals surface area contributed by atoms with Gasteiger partial charge in [0.1, 0.15) is 11.6 Å². The second-order valence-corrected chi connectivity index (χ2v) is 8.28. The topological polar surface area (TPSA) is 81.5 Å². The monoisotopic (exact) mass is 388 g/mol. The molecule has 144 valence electrons. The van der Waals surface area contributed by atoms with Crippen LogP contribution in [-0.2, 0) is 4.74 Å². The summed E-state index contributed by atoms with van der Waals surface area (Å²) in [5.74, 6) is 0. The maximum atomic E-state index is 12.1. The first kappa shape index (κ1) is 20.8. The molecule has 0 spiro atoms. The molecule has 7 heteroatoms. The number of ether oxygens (including phenoxy) is 1. The maximum Gasteiger partial charge on any atom is 0.408 e. The molecule has 0 fully saturated rings. The van der Waals surface area contributed by atoms with Crippen LogP contribution in [0.1, 0.15) is 39.3 Å². The third-order valence-electron chi connectivity index (χ3n) is 3.71. The quantitative estimate of drug-likeness (QED) is 0.552. The Kier molecular flexibility index (Phi) is 6.85. The van der Waals surface area contributed by atoms with Crippen LogP contribution in [0.5, 0.6) is 0 Å². The molecule has 0 aromatic heterocycles. The van der Waals surface area contributed by atoms with Gasteiger partial charge < -0.3 is 10.1 Å². The van der Waals surface area contributed by atoms with Gasteiger partial charge in [-0.25, -0.2) is 4.79 Å². The molecule has 27 heavy (non-hydrogen) atoms. The second-order valence-electron chi connectivity index (χ2n) is 7.13. The number of rotatable bonds is 6. The molecule has 1 amide bonds. The van der Waals surface area contributed by atoms with E-state index in [0.717, 1.165) is 9.79 Å². The van der Waals surface area contributed by atoms with Crippen LogP contribution in [0.15, 0.2) is 64.4 Å². The summed E-state index contributed by atoms with van der Waals surface area (Å²) >= 11 is 1.60. The highest BCUT2D eigenvalue weighted by Crippen LogP contribution is 2.29. The molecule has 2 aromatic carbocycles.